The highest BCUT2D eigenvalue weighted by molar-refractivity contribution is 6.10. The Bertz CT molecular complexity index is 4060. The first-order valence-corrected chi connectivity index (χ1v) is 23.4. The Morgan fingerprint density at radius 1 is 0.348 bits per heavy atom. The van der Waals surface area contributed by atoms with E-state index >= 15 is 0 Å². The molecule has 2 heteroatoms. The molecular formula is C67H46N2. The minimum atomic E-state index is -0.734. The molecule has 0 atom stereocenters. The standard InChI is InChI=1S/C67H46N2/c1-5-20-47(21-6-1)48-36-39-55(40-37-48)69-65-35-18-15-32-60(65)61-42-38-50(45-66(61)69)49-22-19-23-51(44-49)57-30-14-17-34-64(57)68(54-28-11-4-12-29-54)56-41-43-59-58-31-13-16-33-62(58)67(63(59)46-56,52-24-7-2-8-25-52)53-26-9-3-10-27-53/h1-46H/i4D,11D,12D,28D,29D. The SMILES string of the molecule is [2H]c1c([2H])c([2H])c(N(c2ccc3c(c2)C(c2ccccc2)(c2ccccc2)c2ccccc2-3)c2ccccc2-c2cccc(-c3ccc4c5ccccc5n(-c5ccc(-c6ccccc6)cc5)c4c3)c2)c([2H])c1[2H]. The molecule has 0 N–H and O–H groups in total. The lowest BCUT2D eigenvalue weighted by Crippen LogP contribution is -2.28. The average Bonchev–Trinajstić information content (AvgIpc) is 3.96. The second kappa shape index (κ2) is 16.7. The largest absolute Gasteiger partial charge is 0.310 e. The molecule has 2 nitrogen and oxygen atoms in total. The Morgan fingerprint density at radius 2 is 0.913 bits per heavy atom. The van der Waals surface area contributed by atoms with Gasteiger partial charge >= 0.3 is 0 Å². The maximum absolute atomic E-state index is 9.51. The van der Waals surface area contributed by atoms with Gasteiger partial charge in [-0.2, -0.15) is 0 Å². The zero-order chi connectivity index (χ0) is 50.1. The quantitative estimate of drug-likeness (QED) is 0.140. The summed E-state index contributed by atoms with van der Waals surface area (Å²) in [6, 6.07) is 85.1. The minimum absolute atomic E-state index is 0.0650. The van der Waals surface area contributed by atoms with Crippen LogP contribution in [0.15, 0.2) is 279 Å². The molecule has 0 amide bonds. The summed E-state index contributed by atoms with van der Waals surface area (Å²) in [7, 11) is 0. The molecule has 0 aliphatic heterocycles. The third kappa shape index (κ3) is 6.64. The lowest BCUT2D eigenvalue weighted by molar-refractivity contribution is 0.768. The zero-order valence-electron chi connectivity index (χ0n) is 42.6. The van der Waals surface area contributed by atoms with Crippen LogP contribution in [0.25, 0.3) is 72.0 Å². The predicted octanol–water partition coefficient (Wildman–Crippen LogP) is 17.6. The average molecular weight is 884 g/mol. The van der Waals surface area contributed by atoms with Gasteiger partial charge in [-0.25, -0.2) is 0 Å². The number of fused-ring (bicyclic) bond motifs is 6. The van der Waals surface area contributed by atoms with Crippen LogP contribution in [0.3, 0.4) is 0 Å². The van der Waals surface area contributed by atoms with Crippen molar-refractivity contribution in [3.63, 3.8) is 0 Å². The van der Waals surface area contributed by atoms with Crippen molar-refractivity contribution in [2.24, 2.45) is 0 Å². The Kier molecular flexibility index (Phi) is 8.54. The molecule has 11 aromatic carbocycles. The summed E-state index contributed by atoms with van der Waals surface area (Å²) in [5.41, 5.74) is 16.6. The van der Waals surface area contributed by atoms with Crippen molar-refractivity contribution in [1.82, 2.24) is 4.57 Å². The molecule has 1 aromatic heterocycles. The van der Waals surface area contributed by atoms with E-state index in [0.717, 1.165) is 83.3 Å². The number of benzene rings is 11. The van der Waals surface area contributed by atoms with Crippen LogP contribution in [0.4, 0.5) is 17.1 Å². The van der Waals surface area contributed by atoms with Crippen LogP contribution in [0, 0.1) is 0 Å². The molecule has 0 unspecified atom stereocenters. The molecular weight excluding hydrogens is 833 g/mol. The van der Waals surface area contributed by atoms with Gasteiger partial charge in [-0.1, -0.05) is 218 Å². The molecule has 1 heterocycles. The van der Waals surface area contributed by atoms with Gasteiger partial charge in [0, 0.05) is 33.4 Å². The van der Waals surface area contributed by atoms with Crippen molar-refractivity contribution in [3.8, 4) is 50.2 Å². The molecule has 69 heavy (non-hydrogen) atoms. The van der Waals surface area contributed by atoms with Crippen molar-refractivity contribution >= 4 is 38.9 Å². The minimum Gasteiger partial charge on any atom is -0.310 e. The van der Waals surface area contributed by atoms with Gasteiger partial charge in [0.2, 0.25) is 0 Å². The Labute approximate surface area is 410 Å². The van der Waals surface area contributed by atoms with Crippen LogP contribution in [0.5, 0.6) is 0 Å². The summed E-state index contributed by atoms with van der Waals surface area (Å²) in [5, 5.41) is 2.34. The predicted molar refractivity (Wildman–Crippen MR) is 289 cm³/mol. The van der Waals surface area contributed by atoms with Crippen LogP contribution >= 0.6 is 0 Å². The highest BCUT2D eigenvalue weighted by atomic mass is 15.1. The maximum Gasteiger partial charge on any atom is 0.0714 e. The summed E-state index contributed by atoms with van der Waals surface area (Å²) >= 11 is 0. The number of hydrogen-bond acceptors (Lipinski definition) is 1. The van der Waals surface area contributed by atoms with E-state index in [1.54, 1.807) is 0 Å². The summed E-state index contributed by atoms with van der Waals surface area (Å²) < 4.78 is 48.0. The molecule has 0 spiro atoms. The lowest BCUT2D eigenvalue weighted by atomic mass is 9.67. The van der Waals surface area contributed by atoms with Crippen LogP contribution in [-0.2, 0) is 5.41 Å². The van der Waals surface area contributed by atoms with Gasteiger partial charge in [0.15, 0.2) is 0 Å². The van der Waals surface area contributed by atoms with E-state index < -0.39 is 23.5 Å². The van der Waals surface area contributed by atoms with Crippen LogP contribution in [-0.4, -0.2) is 4.57 Å². The fourth-order valence-electron chi connectivity index (χ4n) is 11.0. The highest BCUT2D eigenvalue weighted by Gasteiger charge is 2.46. The molecule has 0 saturated heterocycles. The number of hydrogen-bond donors (Lipinski definition) is 0. The number of rotatable bonds is 9. The van der Waals surface area contributed by atoms with Gasteiger partial charge in [-0.05, 0) is 122 Å². The van der Waals surface area contributed by atoms with Gasteiger partial charge in [0.05, 0.1) is 29.0 Å². The fourth-order valence-corrected chi connectivity index (χ4v) is 11.0. The maximum atomic E-state index is 9.51. The van der Waals surface area contributed by atoms with E-state index in [0.29, 0.717) is 11.4 Å². The van der Waals surface area contributed by atoms with Crippen molar-refractivity contribution in [2.75, 3.05) is 4.90 Å². The third-order valence-corrected chi connectivity index (χ3v) is 14.0. The highest BCUT2D eigenvalue weighted by Crippen LogP contribution is 2.57. The number of nitrogens with zero attached hydrogens (tertiary/aromatic N) is 2. The van der Waals surface area contributed by atoms with Gasteiger partial charge in [0.1, 0.15) is 0 Å². The molecule has 0 bridgehead atoms. The first-order valence-electron chi connectivity index (χ1n) is 25.9. The summed E-state index contributed by atoms with van der Waals surface area (Å²) in [6.07, 6.45) is 0. The van der Waals surface area contributed by atoms with E-state index in [9.17, 15) is 2.74 Å². The fraction of sp³-hybridized carbons (Fsp3) is 0.0149. The number of para-hydroxylation sites is 3. The molecule has 1 aliphatic carbocycles. The second-order valence-electron chi connectivity index (χ2n) is 17.7. The van der Waals surface area contributed by atoms with E-state index in [-0.39, 0.29) is 17.8 Å². The molecule has 13 rings (SSSR count). The first-order chi connectivity index (χ1) is 36.3. The Balaban J connectivity index is 0.992. The Hall–Kier alpha value is -8.98. The van der Waals surface area contributed by atoms with E-state index in [1.165, 1.54) is 10.9 Å². The van der Waals surface area contributed by atoms with Gasteiger partial charge in [0.25, 0.3) is 0 Å². The van der Waals surface area contributed by atoms with Crippen molar-refractivity contribution in [3.05, 3.63) is 301 Å². The topological polar surface area (TPSA) is 8.17 Å². The molecule has 0 saturated carbocycles. The molecule has 1 aliphatic rings. The van der Waals surface area contributed by atoms with Crippen LogP contribution < -0.4 is 4.90 Å². The van der Waals surface area contributed by atoms with Gasteiger partial charge in [-0.15, -0.1) is 0 Å². The number of aromatic nitrogens is 1. The van der Waals surface area contributed by atoms with Crippen molar-refractivity contribution in [1.29, 1.82) is 0 Å². The van der Waals surface area contributed by atoms with Crippen molar-refractivity contribution < 1.29 is 6.85 Å². The van der Waals surface area contributed by atoms with Gasteiger partial charge < -0.3 is 9.47 Å². The van der Waals surface area contributed by atoms with Gasteiger partial charge in [-0.3, -0.25) is 0 Å². The number of anilines is 3. The molecule has 324 valence electrons. The summed E-state index contributed by atoms with van der Waals surface area (Å²) in [5.74, 6) is 0. The summed E-state index contributed by atoms with van der Waals surface area (Å²) in [4.78, 5) is 1.87. The van der Waals surface area contributed by atoms with E-state index in [2.05, 4.69) is 211 Å². The zero-order valence-corrected chi connectivity index (χ0v) is 37.6. The van der Waals surface area contributed by atoms with E-state index in [1.807, 2.05) is 47.4 Å². The summed E-state index contributed by atoms with van der Waals surface area (Å²) in [6.45, 7) is 0. The monoisotopic (exact) mass is 883 g/mol. The van der Waals surface area contributed by atoms with Crippen LogP contribution in [0.1, 0.15) is 29.1 Å². The molecule has 12 aromatic rings. The molecule has 0 radical (unpaired) electrons. The normalized spacial score (nSPS) is 13.5. The first kappa shape index (κ1) is 35.2. The van der Waals surface area contributed by atoms with Crippen molar-refractivity contribution in [2.45, 2.75) is 5.41 Å². The Morgan fingerprint density at radius 3 is 1.68 bits per heavy atom. The lowest BCUT2D eigenvalue weighted by Gasteiger charge is -2.35. The molecule has 0 fully saturated rings. The second-order valence-corrected chi connectivity index (χ2v) is 17.7. The van der Waals surface area contributed by atoms with Crippen LogP contribution in [0.2, 0.25) is 0 Å². The van der Waals surface area contributed by atoms with E-state index in [4.69, 9.17) is 4.11 Å². The smallest absolute Gasteiger partial charge is 0.0714 e. The third-order valence-electron chi connectivity index (χ3n) is 14.0.